The van der Waals surface area contributed by atoms with Crippen LogP contribution in [0.1, 0.15) is 43.0 Å². The van der Waals surface area contributed by atoms with Gasteiger partial charge < -0.3 is 10.1 Å². The maximum absolute atomic E-state index is 5.83. The Morgan fingerprint density at radius 1 is 1.05 bits per heavy atom. The van der Waals surface area contributed by atoms with Gasteiger partial charge >= 0.3 is 0 Å². The molecular formula is C19H25NO. The van der Waals surface area contributed by atoms with Crippen LogP contribution in [0, 0.1) is 6.92 Å². The van der Waals surface area contributed by atoms with E-state index < -0.39 is 0 Å². The molecule has 0 spiro atoms. The molecule has 2 heteroatoms. The fourth-order valence-corrected chi connectivity index (χ4v) is 2.52. The zero-order chi connectivity index (χ0) is 15.1. The van der Waals surface area contributed by atoms with E-state index >= 15 is 0 Å². The van der Waals surface area contributed by atoms with Gasteiger partial charge in [0.1, 0.15) is 5.75 Å². The number of hydrogen-bond donors (Lipinski definition) is 1. The summed E-state index contributed by atoms with van der Waals surface area (Å²) in [7, 11) is 0. The van der Waals surface area contributed by atoms with Crippen LogP contribution in [-0.2, 0) is 0 Å². The van der Waals surface area contributed by atoms with Crippen molar-refractivity contribution in [3.8, 4) is 5.75 Å². The summed E-state index contributed by atoms with van der Waals surface area (Å²) in [6.07, 6.45) is 1.11. The molecule has 0 aromatic heterocycles. The molecule has 0 radical (unpaired) electrons. The molecule has 2 rings (SSSR count). The molecule has 21 heavy (non-hydrogen) atoms. The topological polar surface area (TPSA) is 21.3 Å². The van der Waals surface area contributed by atoms with Gasteiger partial charge in [-0.1, -0.05) is 55.0 Å². The van der Waals surface area contributed by atoms with Gasteiger partial charge in [0.05, 0.1) is 12.6 Å². The molecule has 112 valence electrons. The Labute approximate surface area is 128 Å². The number of benzene rings is 2. The third-order valence-corrected chi connectivity index (χ3v) is 3.51. The van der Waals surface area contributed by atoms with Crippen LogP contribution in [0.4, 0.5) is 0 Å². The highest BCUT2D eigenvalue weighted by molar-refractivity contribution is 5.43. The number of hydrogen-bond acceptors (Lipinski definition) is 2. The lowest BCUT2D eigenvalue weighted by molar-refractivity contribution is 0.333. The summed E-state index contributed by atoms with van der Waals surface area (Å²) in [6.45, 7) is 8.01. The van der Waals surface area contributed by atoms with Crippen molar-refractivity contribution in [1.29, 1.82) is 0 Å². The van der Waals surface area contributed by atoms with E-state index in [9.17, 15) is 0 Å². The van der Waals surface area contributed by atoms with Crippen molar-refractivity contribution in [1.82, 2.24) is 5.32 Å². The van der Waals surface area contributed by atoms with Crippen LogP contribution in [0.25, 0.3) is 0 Å². The minimum atomic E-state index is 0.174. The normalized spacial score (nSPS) is 12.1. The zero-order valence-electron chi connectivity index (χ0n) is 13.2. The Kier molecular flexibility index (Phi) is 5.82. The monoisotopic (exact) mass is 283 g/mol. The molecule has 2 nitrogen and oxygen atoms in total. The van der Waals surface area contributed by atoms with Crippen LogP contribution in [-0.4, -0.2) is 13.2 Å². The summed E-state index contributed by atoms with van der Waals surface area (Å²) in [5.41, 5.74) is 3.75. The first-order chi connectivity index (χ1) is 10.3. The molecule has 2 aromatic rings. The van der Waals surface area contributed by atoms with Crippen LogP contribution in [0.2, 0.25) is 0 Å². The Bertz CT molecular complexity index is 551. The van der Waals surface area contributed by atoms with Crippen LogP contribution in [0.5, 0.6) is 5.75 Å². The Morgan fingerprint density at radius 2 is 1.81 bits per heavy atom. The average Bonchev–Trinajstić information content (AvgIpc) is 2.51. The van der Waals surface area contributed by atoms with E-state index in [0.29, 0.717) is 6.61 Å². The van der Waals surface area contributed by atoms with Gasteiger partial charge in [-0.3, -0.25) is 0 Å². The lowest BCUT2D eigenvalue weighted by Crippen LogP contribution is -2.24. The van der Waals surface area contributed by atoms with Crippen molar-refractivity contribution in [2.45, 2.75) is 33.2 Å². The van der Waals surface area contributed by atoms with E-state index in [4.69, 9.17) is 4.74 Å². The fraction of sp³-hybridized carbons (Fsp3) is 0.368. The zero-order valence-corrected chi connectivity index (χ0v) is 13.2. The summed E-state index contributed by atoms with van der Waals surface area (Å²) in [6, 6.07) is 17.2. The molecule has 0 fully saturated rings. The fourth-order valence-electron chi connectivity index (χ4n) is 2.52. The third kappa shape index (κ3) is 4.08. The van der Waals surface area contributed by atoms with Crippen LogP contribution >= 0.6 is 0 Å². The summed E-state index contributed by atoms with van der Waals surface area (Å²) in [4.78, 5) is 0. The van der Waals surface area contributed by atoms with Gasteiger partial charge in [0.15, 0.2) is 0 Å². The van der Waals surface area contributed by atoms with E-state index in [2.05, 4.69) is 67.7 Å². The third-order valence-electron chi connectivity index (χ3n) is 3.51. The van der Waals surface area contributed by atoms with Crippen molar-refractivity contribution in [2.75, 3.05) is 13.2 Å². The van der Waals surface area contributed by atoms with E-state index in [1.54, 1.807) is 0 Å². The summed E-state index contributed by atoms with van der Waals surface area (Å²) in [5, 5.41) is 3.65. The number of rotatable bonds is 7. The molecule has 0 aliphatic heterocycles. The van der Waals surface area contributed by atoms with Gasteiger partial charge in [-0.25, -0.2) is 0 Å². The van der Waals surface area contributed by atoms with Crippen LogP contribution < -0.4 is 10.1 Å². The van der Waals surface area contributed by atoms with Gasteiger partial charge in [-0.2, -0.15) is 0 Å². The van der Waals surface area contributed by atoms with Crippen molar-refractivity contribution < 1.29 is 4.74 Å². The van der Waals surface area contributed by atoms with E-state index in [-0.39, 0.29) is 6.04 Å². The Hall–Kier alpha value is -1.80. The van der Waals surface area contributed by atoms with E-state index in [0.717, 1.165) is 18.7 Å². The first kappa shape index (κ1) is 15.6. The van der Waals surface area contributed by atoms with E-state index in [1.807, 2.05) is 6.92 Å². The number of nitrogens with one attached hydrogen (secondary N) is 1. The molecule has 0 saturated heterocycles. The van der Waals surface area contributed by atoms with Crippen molar-refractivity contribution in [3.63, 3.8) is 0 Å². The maximum atomic E-state index is 5.83. The lowest BCUT2D eigenvalue weighted by atomic mass is 9.96. The molecule has 0 amide bonds. The first-order valence-corrected chi connectivity index (χ1v) is 7.78. The van der Waals surface area contributed by atoms with Crippen molar-refractivity contribution in [3.05, 3.63) is 65.2 Å². The molecule has 0 saturated carbocycles. The highest BCUT2D eigenvalue weighted by atomic mass is 16.5. The summed E-state index contributed by atoms with van der Waals surface area (Å²) >= 11 is 0. The highest BCUT2D eigenvalue weighted by Crippen LogP contribution is 2.31. The predicted molar refractivity (Wildman–Crippen MR) is 88.9 cm³/mol. The average molecular weight is 283 g/mol. The minimum absolute atomic E-state index is 0.174. The maximum Gasteiger partial charge on any atom is 0.124 e. The smallest absolute Gasteiger partial charge is 0.124 e. The number of aryl methyl sites for hydroxylation is 1. The molecule has 2 aromatic carbocycles. The minimum Gasteiger partial charge on any atom is -0.494 e. The number of ether oxygens (including phenoxy) is 1. The van der Waals surface area contributed by atoms with Gasteiger partial charge in [0.25, 0.3) is 0 Å². The molecule has 1 unspecified atom stereocenters. The predicted octanol–water partition coefficient (Wildman–Crippen LogP) is 4.48. The second kappa shape index (κ2) is 7.84. The quantitative estimate of drug-likeness (QED) is 0.808. The SMILES string of the molecule is CCCNC(c1ccccc1)c1cc(C)ccc1OCC. The Balaban J connectivity index is 2.42. The summed E-state index contributed by atoms with van der Waals surface area (Å²) < 4.78 is 5.83. The van der Waals surface area contributed by atoms with Crippen LogP contribution in [0.3, 0.4) is 0 Å². The molecule has 1 N–H and O–H groups in total. The largest absolute Gasteiger partial charge is 0.494 e. The first-order valence-electron chi connectivity index (χ1n) is 7.78. The molecule has 0 bridgehead atoms. The van der Waals surface area contributed by atoms with Gasteiger partial charge in [-0.05, 0) is 38.4 Å². The van der Waals surface area contributed by atoms with E-state index in [1.165, 1.54) is 16.7 Å². The van der Waals surface area contributed by atoms with Crippen LogP contribution in [0.15, 0.2) is 48.5 Å². The lowest BCUT2D eigenvalue weighted by Gasteiger charge is -2.23. The second-order valence-corrected chi connectivity index (χ2v) is 5.27. The second-order valence-electron chi connectivity index (χ2n) is 5.27. The molecule has 0 heterocycles. The molecule has 1 atom stereocenters. The van der Waals surface area contributed by atoms with Gasteiger partial charge in [0.2, 0.25) is 0 Å². The highest BCUT2D eigenvalue weighted by Gasteiger charge is 2.17. The van der Waals surface area contributed by atoms with Gasteiger partial charge in [-0.15, -0.1) is 0 Å². The molecule has 0 aliphatic rings. The standard InChI is InChI=1S/C19H25NO/c1-4-13-20-19(16-9-7-6-8-10-16)17-14-15(3)11-12-18(17)21-5-2/h6-12,14,19-20H,4-5,13H2,1-3H3. The summed E-state index contributed by atoms with van der Waals surface area (Å²) in [5.74, 6) is 0.973. The van der Waals surface area contributed by atoms with Crippen molar-refractivity contribution in [2.24, 2.45) is 0 Å². The van der Waals surface area contributed by atoms with Gasteiger partial charge in [0, 0.05) is 5.56 Å². The van der Waals surface area contributed by atoms with Crippen molar-refractivity contribution >= 4 is 0 Å². The molecular weight excluding hydrogens is 258 g/mol. The Morgan fingerprint density at radius 3 is 2.48 bits per heavy atom. The molecule has 0 aliphatic carbocycles.